The van der Waals surface area contributed by atoms with Gasteiger partial charge in [-0.25, -0.2) is 4.79 Å². The van der Waals surface area contributed by atoms with Gasteiger partial charge in [-0.15, -0.1) is 11.8 Å². The average Bonchev–Trinajstić information content (AvgIpc) is 3.28. The molecule has 2 aromatic carbocycles. The second-order valence-electron chi connectivity index (χ2n) is 9.69. The Bertz CT molecular complexity index is 1010. The second kappa shape index (κ2) is 16.5. The summed E-state index contributed by atoms with van der Waals surface area (Å²) in [6.07, 6.45) is 14.9. The molecule has 0 atom stereocenters. The number of para-hydroxylation sites is 1. The molecule has 7 heteroatoms. The van der Waals surface area contributed by atoms with Crippen molar-refractivity contribution in [2.45, 2.75) is 84.6 Å². The summed E-state index contributed by atoms with van der Waals surface area (Å²) in [5, 5.41) is 6.34. The predicted octanol–water partition coefficient (Wildman–Crippen LogP) is 9.65. The molecular formula is C30H42ClN3O2S. The number of amides is 2. The zero-order valence-electron chi connectivity index (χ0n) is 22.4. The summed E-state index contributed by atoms with van der Waals surface area (Å²) in [6, 6.07) is 13.0. The van der Waals surface area contributed by atoms with Gasteiger partial charge in [0, 0.05) is 18.4 Å². The van der Waals surface area contributed by atoms with Crippen molar-refractivity contribution in [2.75, 3.05) is 23.1 Å². The van der Waals surface area contributed by atoms with Crippen molar-refractivity contribution in [3.05, 3.63) is 64.2 Å². The minimum atomic E-state index is -0.323. The molecule has 5 nitrogen and oxygen atoms in total. The molecular weight excluding hydrogens is 502 g/mol. The molecule has 1 aliphatic heterocycles. The number of urea groups is 1. The van der Waals surface area contributed by atoms with Gasteiger partial charge in [0.25, 0.3) is 0 Å². The number of hydrogen-bond acceptors (Lipinski definition) is 4. The van der Waals surface area contributed by atoms with E-state index in [4.69, 9.17) is 16.3 Å². The average molecular weight is 544 g/mol. The number of allylic oxidation sites excluding steroid dienone is 1. The van der Waals surface area contributed by atoms with Crippen LogP contribution < -0.4 is 15.4 Å². The first-order chi connectivity index (χ1) is 18.0. The molecule has 0 saturated heterocycles. The molecule has 2 aromatic rings. The van der Waals surface area contributed by atoms with Crippen molar-refractivity contribution in [3.8, 4) is 5.75 Å². The smallest absolute Gasteiger partial charge is 0.323 e. The van der Waals surface area contributed by atoms with E-state index in [1.807, 2.05) is 42.1 Å². The molecule has 0 bridgehead atoms. The number of halogens is 1. The monoisotopic (exact) mass is 543 g/mol. The van der Waals surface area contributed by atoms with Crippen LogP contribution in [0, 0.1) is 0 Å². The first-order valence-electron chi connectivity index (χ1n) is 13.7. The summed E-state index contributed by atoms with van der Waals surface area (Å²) >= 11 is 8.25. The van der Waals surface area contributed by atoms with Crippen LogP contribution in [0.1, 0.15) is 83.6 Å². The maximum absolute atomic E-state index is 12.8. The van der Waals surface area contributed by atoms with Crippen molar-refractivity contribution in [3.63, 3.8) is 0 Å². The summed E-state index contributed by atoms with van der Waals surface area (Å²) in [4.78, 5) is 16.3. The van der Waals surface area contributed by atoms with Gasteiger partial charge in [-0.2, -0.15) is 0 Å². The second-order valence-corrected chi connectivity index (χ2v) is 11.3. The number of ether oxygens (including phenoxy) is 1. The Morgan fingerprint density at radius 1 is 0.973 bits per heavy atom. The van der Waals surface area contributed by atoms with E-state index in [1.165, 1.54) is 56.3 Å². The van der Waals surface area contributed by atoms with E-state index in [-0.39, 0.29) is 6.03 Å². The lowest BCUT2D eigenvalue weighted by molar-refractivity contribution is 0.261. The molecule has 0 aromatic heterocycles. The summed E-state index contributed by atoms with van der Waals surface area (Å²) in [6.45, 7) is 5.78. The Balaban J connectivity index is 1.41. The number of carbonyl (C=O) groups is 1. The number of thioether (sulfide) groups is 1. The molecule has 2 amide bonds. The van der Waals surface area contributed by atoms with Crippen LogP contribution in [0.2, 0.25) is 5.02 Å². The zero-order valence-corrected chi connectivity index (χ0v) is 23.9. The number of hydrogen-bond donors (Lipinski definition) is 2. The lowest BCUT2D eigenvalue weighted by Gasteiger charge is -2.16. The van der Waals surface area contributed by atoms with Gasteiger partial charge in [0.05, 0.1) is 23.2 Å². The molecule has 37 heavy (non-hydrogen) atoms. The van der Waals surface area contributed by atoms with E-state index in [1.54, 1.807) is 6.07 Å². The molecule has 0 aliphatic carbocycles. The molecule has 1 aliphatic rings. The van der Waals surface area contributed by atoms with Gasteiger partial charge >= 0.3 is 6.03 Å². The van der Waals surface area contributed by atoms with Gasteiger partial charge < -0.3 is 20.3 Å². The minimum absolute atomic E-state index is 0.323. The van der Waals surface area contributed by atoms with Crippen LogP contribution in [0.4, 0.5) is 16.2 Å². The van der Waals surface area contributed by atoms with Crippen LogP contribution in [-0.2, 0) is 6.54 Å². The van der Waals surface area contributed by atoms with E-state index in [0.717, 1.165) is 36.5 Å². The lowest BCUT2D eigenvalue weighted by atomic mass is 10.1. The first kappa shape index (κ1) is 29.2. The molecule has 0 saturated carbocycles. The van der Waals surface area contributed by atoms with Crippen LogP contribution >= 0.6 is 23.4 Å². The van der Waals surface area contributed by atoms with E-state index >= 15 is 0 Å². The Hall–Kier alpha value is -2.31. The van der Waals surface area contributed by atoms with Gasteiger partial charge in [-0.3, -0.25) is 0 Å². The summed E-state index contributed by atoms with van der Waals surface area (Å²) < 4.78 is 6.01. The first-order valence-corrected chi connectivity index (χ1v) is 15.0. The highest BCUT2D eigenvalue weighted by Gasteiger charge is 2.13. The number of unbranched alkanes of at least 4 members (excludes halogenated alkanes) is 9. The van der Waals surface area contributed by atoms with E-state index in [2.05, 4.69) is 41.6 Å². The highest BCUT2D eigenvalue weighted by Crippen LogP contribution is 2.33. The van der Waals surface area contributed by atoms with Gasteiger partial charge in [0.2, 0.25) is 0 Å². The Morgan fingerprint density at radius 3 is 2.38 bits per heavy atom. The highest BCUT2D eigenvalue weighted by molar-refractivity contribution is 8.03. The summed E-state index contributed by atoms with van der Waals surface area (Å²) in [5.74, 6) is 1.48. The fourth-order valence-electron chi connectivity index (χ4n) is 4.39. The molecule has 2 N–H and O–H groups in total. The number of anilines is 2. The maximum atomic E-state index is 12.8. The van der Waals surface area contributed by atoms with E-state index < -0.39 is 0 Å². The quantitative estimate of drug-likeness (QED) is 0.207. The number of rotatable bonds is 16. The lowest BCUT2D eigenvalue weighted by Crippen LogP contribution is -2.20. The van der Waals surface area contributed by atoms with Gasteiger partial charge in [-0.1, -0.05) is 94.5 Å². The van der Waals surface area contributed by atoms with Gasteiger partial charge in [0.1, 0.15) is 0 Å². The van der Waals surface area contributed by atoms with Crippen LogP contribution in [0.5, 0.6) is 5.75 Å². The third-order valence-electron chi connectivity index (χ3n) is 6.35. The summed E-state index contributed by atoms with van der Waals surface area (Å²) in [5.41, 5.74) is 2.47. The summed E-state index contributed by atoms with van der Waals surface area (Å²) in [7, 11) is 0. The number of nitrogens with one attached hydrogen (secondary N) is 2. The molecule has 202 valence electrons. The van der Waals surface area contributed by atoms with Gasteiger partial charge in [0.15, 0.2) is 5.75 Å². The minimum Gasteiger partial charge on any atom is -0.490 e. The van der Waals surface area contributed by atoms with E-state index in [9.17, 15) is 4.79 Å². The Labute approximate surface area is 232 Å². The predicted molar refractivity (Wildman–Crippen MR) is 160 cm³/mol. The standard InChI is InChI=1S/C30H42ClN3O2S/c1-3-4-5-6-7-8-9-10-11-12-19-36-29-27(31)17-14-18-28(29)33-30(35)32-26-16-13-15-25(20-26)22-34-21-24(2)37-23-34/h13-18,20-21H,3-12,19,22-23H2,1-2H3,(H2,32,33,35). The third kappa shape index (κ3) is 10.9. The van der Waals surface area contributed by atoms with Crippen LogP contribution in [0.15, 0.2) is 53.6 Å². The molecule has 0 spiro atoms. The van der Waals surface area contributed by atoms with E-state index in [0.29, 0.717) is 23.1 Å². The van der Waals surface area contributed by atoms with Crippen molar-refractivity contribution in [1.82, 2.24) is 4.90 Å². The van der Waals surface area contributed by atoms with Crippen LogP contribution in [0.25, 0.3) is 0 Å². The number of benzene rings is 2. The van der Waals surface area contributed by atoms with Crippen molar-refractivity contribution in [1.29, 1.82) is 0 Å². The molecule has 1 heterocycles. The van der Waals surface area contributed by atoms with Crippen molar-refractivity contribution < 1.29 is 9.53 Å². The van der Waals surface area contributed by atoms with Gasteiger partial charge in [-0.05, 0) is 48.1 Å². The largest absolute Gasteiger partial charge is 0.490 e. The van der Waals surface area contributed by atoms with Crippen molar-refractivity contribution >= 4 is 40.8 Å². The Morgan fingerprint density at radius 2 is 1.68 bits per heavy atom. The topological polar surface area (TPSA) is 53.6 Å². The maximum Gasteiger partial charge on any atom is 0.323 e. The molecule has 0 unspecified atom stereocenters. The molecule has 0 radical (unpaired) electrons. The highest BCUT2D eigenvalue weighted by atomic mass is 35.5. The number of nitrogens with zero attached hydrogens (tertiary/aromatic N) is 1. The van der Waals surface area contributed by atoms with Crippen molar-refractivity contribution in [2.24, 2.45) is 0 Å². The zero-order chi connectivity index (χ0) is 26.3. The third-order valence-corrected chi connectivity index (χ3v) is 7.67. The van der Waals surface area contributed by atoms with Crippen LogP contribution in [0.3, 0.4) is 0 Å². The molecule has 0 fully saturated rings. The fraction of sp³-hybridized carbons (Fsp3) is 0.500. The van der Waals surface area contributed by atoms with Crippen LogP contribution in [-0.4, -0.2) is 23.4 Å². The fourth-order valence-corrected chi connectivity index (χ4v) is 5.38. The Kier molecular flexibility index (Phi) is 13.1. The molecule has 3 rings (SSSR count). The number of carbonyl (C=O) groups excluding carboxylic acids is 1. The normalized spacial score (nSPS) is 12.9. The SMILES string of the molecule is CCCCCCCCCCCCOc1c(Cl)cccc1NC(=O)Nc1cccc(CN2C=C(C)SC2)c1.